The number of sulfonamides is 1. The van der Waals surface area contributed by atoms with E-state index in [0.29, 0.717) is 18.7 Å². The van der Waals surface area contributed by atoms with Gasteiger partial charge in [0.2, 0.25) is 11.8 Å². The third-order valence-corrected chi connectivity index (χ3v) is 8.47. The molecule has 9 heteroatoms. The number of benzene rings is 3. The zero-order chi connectivity index (χ0) is 29.1. The van der Waals surface area contributed by atoms with E-state index in [2.05, 4.69) is 5.32 Å². The molecule has 8 nitrogen and oxygen atoms in total. The number of nitrogens with one attached hydrogen (secondary N) is 1. The summed E-state index contributed by atoms with van der Waals surface area (Å²) in [5.74, 6) is -0.447. The predicted molar refractivity (Wildman–Crippen MR) is 158 cm³/mol. The largest absolute Gasteiger partial charge is 0.495 e. The Morgan fingerprint density at radius 1 is 0.975 bits per heavy atom. The zero-order valence-corrected chi connectivity index (χ0v) is 24.5. The number of nitrogens with zero attached hydrogens (tertiary/aromatic N) is 2. The Kier molecular flexibility index (Phi) is 11.1. The Morgan fingerprint density at radius 2 is 1.62 bits per heavy atom. The number of carbonyl (C=O) groups is 2. The summed E-state index contributed by atoms with van der Waals surface area (Å²) in [7, 11) is -2.70. The van der Waals surface area contributed by atoms with E-state index in [9.17, 15) is 18.0 Å². The highest BCUT2D eigenvalue weighted by Crippen LogP contribution is 2.33. The van der Waals surface area contributed by atoms with E-state index >= 15 is 0 Å². The molecule has 0 radical (unpaired) electrons. The monoisotopic (exact) mass is 565 g/mol. The van der Waals surface area contributed by atoms with E-state index < -0.39 is 28.5 Å². The minimum absolute atomic E-state index is 0.0487. The first-order chi connectivity index (χ1) is 19.2. The van der Waals surface area contributed by atoms with Crippen molar-refractivity contribution in [3.8, 4) is 5.75 Å². The summed E-state index contributed by atoms with van der Waals surface area (Å²) in [5.41, 5.74) is 2.07. The molecule has 0 aromatic heterocycles. The van der Waals surface area contributed by atoms with Crippen molar-refractivity contribution in [3.63, 3.8) is 0 Å². The van der Waals surface area contributed by atoms with Gasteiger partial charge in [0.05, 0.1) is 17.7 Å². The van der Waals surface area contributed by atoms with Crippen LogP contribution in [0.1, 0.15) is 37.8 Å². The van der Waals surface area contributed by atoms with Crippen molar-refractivity contribution in [1.82, 2.24) is 10.2 Å². The molecule has 2 amide bonds. The van der Waals surface area contributed by atoms with E-state index in [0.717, 1.165) is 28.3 Å². The average molecular weight is 566 g/mol. The molecule has 0 aliphatic rings. The van der Waals surface area contributed by atoms with Crippen LogP contribution in [0.3, 0.4) is 0 Å². The quantitative estimate of drug-likeness (QED) is 0.289. The molecule has 1 N–H and O–H groups in total. The normalized spacial score (nSPS) is 11.9. The topological polar surface area (TPSA) is 96.0 Å². The van der Waals surface area contributed by atoms with Crippen molar-refractivity contribution in [2.75, 3.05) is 31.0 Å². The van der Waals surface area contributed by atoms with Gasteiger partial charge < -0.3 is 15.0 Å². The summed E-state index contributed by atoms with van der Waals surface area (Å²) in [4.78, 5) is 28.5. The second kappa shape index (κ2) is 14.5. The van der Waals surface area contributed by atoms with Crippen LogP contribution < -0.4 is 14.4 Å². The number of ether oxygens (including phenoxy) is 1. The fourth-order valence-corrected chi connectivity index (χ4v) is 5.77. The van der Waals surface area contributed by atoms with Crippen LogP contribution >= 0.6 is 0 Å². The van der Waals surface area contributed by atoms with Crippen LogP contribution in [-0.2, 0) is 26.0 Å². The van der Waals surface area contributed by atoms with Gasteiger partial charge in [0, 0.05) is 13.1 Å². The van der Waals surface area contributed by atoms with Gasteiger partial charge in [-0.05, 0) is 62.1 Å². The molecule has 0 spiro atoms. The maximum Gasteiger partial charge on any atom is 0.264 e. The smallest absolute Gasteiger partial charge is 0.264 e. The number of carbonyl (C=O) groups excluding carboxylic acids is 2. The van der Waals surface area contributed by atoms with Crippen molar-refractivity contribution in [1.29, 1.82) is 0 Å². The predicted octanol–water partition coefficient (Wildman–Crippen LogP) is 4.58. The first kappa shape index (κ1) is 30.7. The van der Waals surface area contributed by atoms with Gasteiger partial charge in [-0.3, -0.25) is 13.9 Å². The Bertz CT molecular complexity index is 1360. The molecule has 214 valence electrons. The molecule has 0 heterocycles. The van der Waals surface area contributed by atoms with Gasteiger partial charge in [-0.25, -0.2) is 8.42 Å². The van der Waals surface area contributed by atoms with Gasteiger partial charge in [0.15, 0.2) is 0 Å². The Hall–Kier alpha value is -3.85. The molecular weight excluding hydrogens is 526 g/mol. The van der Waals surface area contributed by atoms with E-state index in [1.807, 2.05) is 50.2 Å². The molecule has 0 fully saturated rings. The van der Waals surface area contributed by atoms with Gasteiger partial charge in [0.25, 0.3) is 10.0 Å². The van der Waals surface area contributed by atoms with Gasteiger partial charge >= 0.3 is 0 Å². The Balaban J connectivity index is 2.00. The standard InChI is InChI=1S/C31H39N3O5S/c1-5-6-20-32-31(36)25(3)33(21-19-26-13-9-7-10-14-26)30(35)23-34(28-22-24(2)17-18-29(28)39-4)40(37,38)27-15-11-8-12-16-27/h7-18,22,25H,5-6,19-21,23H2,1-4H3,(H,32,36)/t25-/m1/s1. The summed E-state index contributed by atoms with van der Waals surface area (Å²) in [6.07, 6.45) is 2.26. The molecule has 0 aliphatic carbocycles. The SMILES string of the molecule is CCCCNC(=O)[C@@H](C)N(CCc1ccccc1)C(=O)CN(c1cc(C)ccc1OC)S(=O)(=O)c1ccccc1. The molecule has 40 heavy (non-hydrogen) atoms. The average Bonchev–Trinajstić information content (AvgIpc) is 2.96. The number of amides is 2. The lowest BCUT2D eigenvalue weighted by molar-refractivity contribution is -0.138. The lowest BCUT2D eigenvalue weighted by Crippen LogP contribution is -2.52. The first-order valence-electron chi connectivity index (χ1n) is 13.5. The van der Waals surface area contributed by atoms with E-state index in [4.69, 9.17) is 4.74 Å². The number of anilines is 1. The van der Waals surface area contributed by atoms with Crippen molar-refractivity contribution < 1.29 is 22.7 Å². The maximum atomic E-state index is 14.0. The van der Waals surface area contributed by atoms with Crippen molar-refractivity contribution in [2.24, 2.45) is 0 Å². The molecular formula is C31H39N3O5S. The third-order valence-electron chi connectivity index (χ3n) is 6.69. The fourth-order valence-electron chi connectivity index (χ4n) is 4.33. The van der Waals surface area contributed by atoms with Crippen LogP contribution in [0, 0.1) is 6.92 Å². The number of hydrogen-bond acceptors (Lipinski definition) is 5. The van der Waals surface area contributed by atoms with E-state index in [1.165, 1.54) is 24.1 Å². The lowest BCUT2D eigenvalue weighted by Gasteiger charge is -2.32. The molecule has 0 saturated heterocycles. The molecule has 0 aliphatic heterocycles. The first-order valence-corrected chi connectivity index (χ1v) is 15.0. The summed E-state index contributed by atoms with van der Waals surface area (Å²) in [6, 6.07) is 22.0. The maximum absolute atomic E-state index is 14.0. The van der Waals surface area contributed by atoms with Crippen LogP contribution in [0.2, 0.25) is 0 Å². The van der Waals surface area contributed by atoms with Gasteiger partial charge in [-0.1, -0.05) is 67.9 Å². The van der Waals surface area contributed by atoms with Gasteiger partial charge in [-0.15, -0.1) is 0 Å². The zero-order valence-electron chi connectivity index (χ0n) is 23.7. The highest BCUT2D eigenvalue weighted by Gasteiger charge is 2.33. The molecule has 1 atom stereocenters. The van der Waals surface area contributed by atoms with Crippen LogP contribution in [0.25, 0.3) is 0 Å². The minimum Gasteiger partial charge on any atom is -0.495 e. The van der Waals surface area contributed by atoms with Crippen LogP contribution in [-0.4, -0.2) is 57.9 Å². The van der Waals surface area contributed by atoms with E-state index in [-0.39, 0.29) is 23.0 Å². The number of aryl methyl sites for hydroxylation is 1. The van der Waals surface area contributed by atoms with Crippen LogP contribution in [0.15, 0.2) is 83.8 Å². The Morgan fingerprint density at radius 3 is 2.25 bits per heavy atom. The molecule has 0 saturated carbocycles. The highest BCUT2D eigenvalue weighted by atomic mass is 32.2. The molecule has 3 rings (SSSR count). The molecule has 3 aromatic carbocycles. The summed E-state index contributed by atoms with van der Waals surface area (Å²) < 4.78 is 34.5. The fraction of sp³-hybridized carbons (Fsp3) is 0.355. The molecule has 0 bridgehead atoms. The number of rotatable bonds is 14. The second-order valence-corrected chi connectivity index (χ2v) is 11.5. The summed E-state index contributed by atoms with van der Waals surface area (Å²) >= 11 is 0. The van der Waals surface area contributed by atoms with Gasteiger partial charge in [-0.2, -0.15) is 0 Å². The second-order valence-electron chi connectivity index (χ2n) is 9.64. The number of unbranched alkanes of at least 4 members (excludes halogenated alkanes) is 1. The van der Waals surface area contributed by atoms with E-state index in [1.54, 1.807) is 37.3 Å². The van der Waals surface area contributed by atoms with Crippen molar-refractivity contribution in [2.45, 2.75) is 51.0 Å². The number of methoxy groups -OCH3 is 1. The van der Waals surface area contributed by atoms with Crippen LogP contribution in [0.5, 0.6) is 5.75 Å². The summed E-state index contributed by atoms with van der Waals surface area (Å²) in [5, 5.41) is 2.90. The summed E-state index contributed by atoms with van der Waals surface area (Å²) in [6.45, 7) is 5.80. The van der Waals surface area contributed by atoms with Gasteiger partial charge in [0.1, 0.15) is 18.3 Å². The van der Waals surface area contributed by atoms with Crippen molar-refractivity contribution >= 4 is 27.5 Å². The van der Waals surface area contributed by atoms with Crippen molar-refractivity contribution in [3.05, 3.63) is 90.0 Å². The molecule has 3 aromatic rings. The van der Waals surface area contributed by atoms with Crippen LogP contribution in [0.4, 0.5) is 5.69 Å². The minimum atomic E-state index is -4.16. The number of hydrogen-bond donors (Lipinski definition) is 1. The lowest BCUT2D eigenvalue weighted by atomic mass is 10.1. The molecule has 0 unspecified atom stereocenters. The third kappa shape index (κ3) is 7.85. The highest BCUT2D eigenvalue weighted by molar-refractivity contribution is 7.92. The Labute approximate surface area is 238 Å².